The number of hydrogen-bond donors (Lipinski definition) is 1. The van der Waals surface area contributed by atoms with Gasteiger partial charge in [0.15, 0.2) is 0 Å². The summed E-state index contributed by atoms with van der Waals surface area (Å²) in [5, 5.41) is 15.7. The summed E-state index contributed by atoms with van der Waals surface area (Å²) >= 11 is 1.50. The van der Waals surface area contributed by atoms with E-state index in [0.717, 1.165) is 46.6 Å². The highest BCUT2D eigenvalue weighted by molar-refractivity contribution is 7.20. The zero-order valence-electron chi connectivity index (χ0n) is 15.8. The Balaban J connectivity index is 1.57. The zero-order chi connectivity index (χ0) is 19.0. The third-order valence-electron chi connectivity index (χ3n) is 5.61. The molecule has 1 aromatic carbocycles. The molecule has 1 amide bonds. The topological polar surface area (TPSA) is 58.4 Å². The molecule has 1 atom stereocenters. The van der Waals surface area contributed by atoms with Crippen molar-refractivity contribution in [2.45, 2.75) is 26.2 Å². The van der Waals surface area contributed by atoms with Crippen molar-refractivity contribution >= 4 is 27.5 Å². The number of carbonyl (C=O) groups excluding carboxylic acids is 1. The fourth-order valence-corrected chi connectivity index (χ4v) is 5.30. The molecule has 0 bridgehead atoms. The van der Waals surface area contributed by atoms with Gasteiger partial charge in [-0.3, -0.25) is 9.48 Å². The molecule has 0 saturated carbocycles. The monoisotopic (exact) mass is 383 g/mol. The second-order valence-electron chi connectivity index (χ2n) is 7.69. The number of aliphatic hydroxyl groups excluding tert-OH is 1. The molecule has 142 valence electrons. The van der Waals surface area contributed by atoms with Crippen molar-refractivity contribution in [2.24, 2.45) is 12.5 Å². The Bertz CT molecular complexity index is 928. The van der Waals surface area contributed by atoms with Crippen LogP contribution in [0.4, 0.5) is 0 Å². The molecular formula is C21H25N3O2S. The largest absolute Gasteiger partial charge is 0.396 e. The van der Waals surface area contributed by atoms with Gasteiger partial charge < -0.3 is 10.0 Å². The number of fused-ring (bicyclic) bond motifs is 1. The normalized spacial score (nSPS) is 20.3. The van der Waals surface area contributed by atoms with E-state index >= 15 is 0 Å². The maximum absolute atomic E-state index is 13.2. The van der Waals surface area contributed by atoms with E-state index in [0.29, 0.717) is 6.54 Å². The molecule has 0 spiro atoms. The van der Waals surface area contributed by atoms with Gasteiger partial charge in [-0.05, 0) is 37.8 Å². The summed E-state index contributed by atoms with van der Waals surface area (Å²) in [6.45, 7) is 3.42. The van der Waals surface area contributed by atoms with Crippen LogP contribution >= 0.6 is 11.3 Å². The van der Waals surface area contributed by atoms with Crippen molar-refractivity contribution in [2.75, 3.05) is 19.7 Å². The standard InChI is InChI=1S/C21H25N3O2S/c1-15-17-11-18(27-20(17)23(2)22-15)19(26)24-10-6-9-21(13-24,14-25)12-16-7-4-3-5-8-16/h3-5,7-8,11,25H,6,9-10,12-14H2,1-2H3. The minimum absolute atomic E-state index is 0.0705. The fourth-order valence-electron chi connectivity index (χ4n) is 4.21. The smallest absolute Gasteiger partial charge is 0.264 e. The molecule has 1 aliphatic rings. The van der Waals surface area contributed by atoms with Gasteiger partial charge in [0, 0.05) is 30.9 Å². The number of aromatic nitrogens is 2. The highest BCUT2D eigenvalue weighted by Gasteiger charge is 2.37. The Hall–Kier alpha value is -2.18. The first kappa shape index (κ1) is 18.2. The molecule has 1 fully saturated rings. The molecule has 6 heteroatoms. The molecule has 0 radical (unpaired) electrons. The molecule has 5 nitrogen and oxygen atoms in total. The van der Waals surface area contributed by atoms with Crippen molar-refractivity contribution in [3.05, 3.63) is 52.5 Å². The van der Waals surface area contributed by atoms with Gasteiger partial charge >= 0.3 is 0 Å². The summed E-state index contributed by atoms with van der Waals surface area (Å²) in [5.41, 5.74) is 1.91. The predicted molar refractivity (Wildman–Crippen MR) is 108 cm³/mol. The van der Waals surface area contributed by atoms with Crippen LogP contribution in [0.1, 0.15) is 33.8 Å². The molecule has 0 aliphatic carbocycles. The van der Waals surface area contributed by atoms with Gasteiger partial charge in [0.25, 0.3) is 5.91 Å². The van der Waals surface area contributed by atoms with E-state index in [1.807, 2.05) is 47.8 Å². The first-order valence-corrected chi connectivity index (χ1v) is 10.2. The van der Waals surface area contributed by atoms with E-state index in [1.165, 1.54) is 16.9 Å². The number of aliphatic hydroxyl groups is 1. The van der Waals surface area contributed by atoms with Crippen molar-refractivity contribution in [1.29, 1.82) is 0 Å². The van der Waals surface area contributed by atoms with Gasteiger partial charge in [-0.1, -0.05) is 30.3 Å². The second kappa shape index (κ2) is 7.09. The molecule has 1 aliphatic heterocycles. The highest BCUT2D eigenvalue weighted by Crippen LogP contribution is 2.35. The van der Waals surface area contributed by atoms with Crippen LogP contribution < -0.4 is 0 Å². The van der Waals surface area contributed by atoms with Crippen LogP contribution in [0.3, 0.4) is 0 Å². The lowest BCUT2D eigenvalue weighted by Crippen LogP contribution is -2.48. The quantitative estimate of drug-likeness (QED) is 0.751. The molecule has 4 rings (SSSR count). The van der Waals surface area contributed by atoms with Gasteiger partial charge in [0.1, 0.15) is 4.83 Å². The Morgan fingerprint density at radius 2 is 2.11 bits per heavy atom. The number of aryl methyl sites for hydroxylation is 2. The average Bonchev–Trinajstić information content (AvgIpc) is 3.24. The summed E-state index contributed by atoms with van der Waals surface area (Å²) in [5.74, 6) is 0.0705. The SMILES string of the molecule is Cc1nn(C)c2sc(C(=O)N3CCCC(CO)(Cc4ccccc4)C3)cc12. The van der Waals surface area contributed by atoms with E-state index in [2.05, 4.69) is 17.2 Å². The fraction of sp³-hybridized carbons (Fsp3) is 0.429. The van der Waals surface area contributed by atoms with E-state index < -0.39 is 0 Å². The lowest BCUT2D eigenvalue weighted by atomic mass is 9.75. The van der Waals surface area contributed by atoms with Crippen LogP contribution in [-0.4, -0.2) is 45.4 Å². The molecule has 1 saturated heterocycles. The van der Waals surface area contributed by atoms with Crippen LogP contribution in [0.15, 0.2) is 36.4 Å². The molecule has 2 aromatic heterocycles. The van der Waals surface area contributed by atoms with E-state index in [4.69, 9.17) is 0 Å². The molecule has 1 N–H and O–H groups in total. The van der Waals surface area contributed by atoms with E-state index in [1.54, 1.807) is 0 Å². The van der Waals surface area contributed by atoms with Crippen LogP contribution in [0.5, 0.6) is 0 Å². The average molecular weight is 384 g/mol. The highest BCUT2D eigenvalue weighted by atomic mass is 32.1. The Morgan fingerprint density at radius 3 is 2.81 bits per heavy atom. The van der Waals surface area contributed by atoms with Crippen LogP contribution in [-0.2, 0) is 13.5 Å². The summed E-state index contributed by atoms with van der Waals surface area (Å²) in [6, 6.07) is 12.2. The number of nitrogens with zero attached hydrogens (tertiary/aromatic N) is 3. The van der Waals surface area contributed by atoms with Crippen molar-refractivity contribution in [1.82, 2.24) is 14.7 Å². The number of rotatable bonds is 4. The zero-order valence-corrected chi connectivity index (χ0v) is 16.6. The van der Waals surface area contributed by atoms with Gasteiger partial charge in [-0.25, -0.2) is 0 Å². The second-order valence-corrected chi connectivity index (χ2v) is 8.72. The minimum atomic E-state index is -0.260. The first-order valence-electron chi connectivity index (χ1n) is 9.38. The summed E-state index contributed by atoms with van der Waals surface area (Å²) in [4.78, 5) is 16.9. The number of piperidine rings is 1. The van der Waals surface area contributed by atoms with Crippen molar-refractivity contribution in [3.63, 3.8) is 0 Å². The number of hydrogen-bond acceptors (Lipinski definition) is 4. The lowest BCUT2D eigenvalue weighted by molar-refractivity contribution is 0.0275. The van der Waals surface area contributed by atoms with E-state index in [9.17, 15) is 9.90 Å². The maximum Gasteiger partial charge on any atom is 0.264 e. The first-order chi connectivity index (χ1) is 13.0. The van der Waals surface area contributed by atoms with Gasteiger partial charge in [-0.2, -0.15) is 5.10 Å². The number of carbonyl (C=O) groups is 1. The minimum Gasteiger partial charge on any atom is -0.396 e. The molecule has 27 heavy (non-hydrogen) atoms. The third-order valence-corrected chi connectivity index (χ3v) is 6.80. The molecule has 3 aromatic rings. The van der Waals surface area contributed by atoms with Crippen molar-refractivity contribution < 1.29 is 9.90 Å². The molecule has 1 unspecified atom stereocenters. The Morgan fingerprint density at radius 1 is 1.33 bits per heavy atom. The molecule has 3 heterocycles. The number of thiophene rings is 1. The summed E-state index contributed by atoms with van der Waals surface area (Å²) < 4.78 is 1.84. The van der Waals surface area contributed by atoms with Gasteiger partial charge in [0.05, 0.1) is 17.2 Å². The summed E-state index contributed by atoms with van der Waals surface area (Å²) in [7, 11) is 1.91. The van der Waals surface area contributed by atoms with Crippen LogP contribution in [0.25, 0.3) is 10.2 Å². The van der Waals surface area contributed by atoms with Gasteiger partial charge in [-0.15, -0.1) is 11.3 Å². The maximum atomic E-state index is 13.2. The van der Waals surface area contributed by atoms with Crippen LogP contribution in [0, 0.1) is 12.3 Å². The van der Waals surface area contributed by atoms with Crippen molar-refractivity contribution in [3.8, 4) is 0 Å². The predicted octanol–water partition coefficient (Wildman–Crippen LogP) is 3.40. The number of amides is 1. The third kappa shape index (κ3) is 3.39. The van der Waals surface area contributed by atoms with Gasteiger partial charge in [0.2, 0.25) is 0 Å². The Labute approximate surface area is 163 Å². The number of benzene rings is 1. The number of likely N-dealkylation sites (tertiary alicyclic amines) is 1. The van der Waals surface area contributed by atoms with E-state index in [-0.39, 0.29) is 17.9 Å². The Kier molecular flexibility index (Phi) is 4.78. The summed E-state index contributed by atoms with van der Waals surface area (Å²) in [6.07, 6.45) is 2.66. The molecular weight excluding hydrogens is 358 g/mol. The lowest BCUT2D eigenvalue weighted by Gasteiger charge is -2.42. The van der Waals surface area contributed by atoms with Crippen LogP contribution in [0.2, 0.25) is 0 Å².